The minimum Gasteiger partial charge on any atom is -0.346 e. The van der Waals surface area contributed by atoms with Gasteiger partial charge in [0.05, 0.1) is 12.5 Å². The van der Waals surface area contributed by atoms with Crippen LogP contribution in [0.2, 0.25) is 0 Å². The Balaban J connectivity index is 1.95. The molecule has 94 valence electrons. The average Bonchev–Trinajstić information content (AvgIpc) is 2.85. The van der Waals surface area contributed by atoms with Crippen LogP contribution in [0.15, 0.2) is 30.6 Å². The highest BCUT2D eigenvalue weighted by Gasteiger charge is 2.13. The Hall–Kier alpha value is -2.24. The molecule has 1 aromatic heterocycles. The zero-order valence-electron chi connectivity index (χ0n) is 9.85. The summed E-state index contributed by atoms with van der Waals surface area (Å²) < 4.78 is 13.4. The molecule has 0 spiro atoms. The van der Waals surface area contributed by atoms with Crippen LogP contribution in [0, 0.1) is 5.82 Å². The molecule has 5 nitrogen and oxygen atoms in total. The number of aromatic nitrogens is 3. The van der Waals surface area contributed by atoms with Crippen LogP contribution in [0.1, 0.15) is 24.4 Å². The summed E-state index contributed by atoms with van der Waals surface area (Å²) in [4.78, 5) is 15.7. The second-order valence-corrected chi connectivity index (χ2v) is 3.93. The van der Waals surface area contributed by atoms with Gasteiger partial charge in [0.25, 0.3) is 0 Å². The van der Waals surface area contributed by atoms with Crippen LogP contribution in [-0.4, -0.2) is 21.1 Å². The van der Waals surface area contributed by atoms with Crippen LogP contribution in [0.4, 0.5) is 4.39 Å². The number of H-pyrrole nitrogens is 1. The molecule has 2 N–H and O–H groups in total. The lowest BCUT2D eigenvalue weighted by Gasteiger charge is -2.11. The van der Waals surface area contributed by atoms with Gasteiger partial charge in [-0.15, -0.1) is 0 Å². The molecule has 1 amide bonds. The highest BCUT2D eigenvalue weighted by molar-refractivity contribution is 5.78. The van der Waals surface area contributed by atoms with Crippen molar-refractivity contribution in [1.82, 2.24) is 20.5 Å². The Morgan fingerprint density at radius 1 is 1.50 bits per heavy atom. The average molecular weight is 248 g/mol. The molecule has 0 aliphatic rings. The van der Waals surface area contributed by atoms with Crippen molar-refractivity contribution >= 4 is 5.91 Å². The molecule has 2 rings (SSSR count). The third-order valence-electron chi connectivity index (χ3n) is 2.53. The van der Waals surface area contributed by atoms with Gasteiger partial charge in [-0.3, -0.25) is 9.89 Å². The third-order valence-corrected chi connectivity index (χ3v) is 2.53. The Bertz CT molecular complexity index is 527. The van der Waals surface area contributed by atoms with Crippen LogP contribution in [-0.2, 0) is 11.2 Å². The SMILES string of the molecule is CC(NC(=O)Cc1ccccc1F)c1ncn[nH]1. The number of hydrogen-bond acceptors (Lipinski definition) is 3. The summed E-state index contributed by atoms with van der Waals surface area (Å²) in [7, 11) is 0. The van der Waals surface area contributed by atoms with Gasteiger partial charge in [0.2, 0.25) is 5.91 Å². The zero-order valence-corrected chi connectivity index (χ0v) is 9.85. The van der Waals surface area contributed by atoms with E-state index in [4.69, 9.17) is 0 Å². The van der Waals surface area contributed by atoms with Gasteiger partial charge in [-0.2, -0.15) is 5.10 Å². The van der Waals surface area contributed by atoms with Gasteiger partial charge < -0.3 is 5.32 Å². The summed E-state index contributed by atoms with van der Waals surface area (Å²) in [5.41, 5.74) is 0.375. The fourth-order valence-corrected chi connectivity index (χ4v) is 1.60. The lowest BCUT2D eigenvalue weighted by atomic mass is 10.1. The van der Waals surface area contributed by atoms with Crippen LogP contribution >= 0.6 is 0 Å². The smallest absolute Gasteiger partial charge is 0.225 e. The van der Waals surface area contributed by atoms with Crippen molar-refractivity contribution < 1.29 is 9.18 Å². The van der Waals surface area contributed by atoms with Gasteiger partial charge in [0, 0.05) is 0 Å². The molecule has 2 aromatic rings. The predicted octanol–water partition coefficient (Wildman–Crippen LogP) is 1.36. The van der Waals surface area contributed by atoms with Crippen LogP contribution < -0.4 is 5.32 Å². The fraction of sp³-hybridized carbons (Fsp3) is 0.250. The minimum atomic E-state index is -0.375. The Labute approximate surface area is 103 Å². The van der Waals surface area contributed by atoms with E-state index in [2.05, 4.69) is 20.5 Å². The van der Waals surface area contributed by atoms with Crippen molar-refractivity contribution in [3.05, 3.63) is 47.8 Å². The number of hydrogen-bond donors (Lipinski definition) is 2. The number of rotatable bonds is 4. The standard InChI is InChI=1S/C12H13FN4O/c1-8(12-14-7-15-17-12)16-11(18)6-9-4-2-3-5-10(9)13/h2-5,7-8H,6H2,1H3,(H,16,18)(H,14,15,17). The maximum Gasteiger partial charge on any atom is 0.225 e. The van der Waals surface area contributed by atoms with E-state index in [-0.39, 0.29) is 24.2 Å². The summed E-state index contributed by atoms with van der Waals surface area (Å²) in [5.74, 6) is -0.0687. The van der Waals surface area contributed by atoms with E-state index in [1.165, 1.54) is 12.4 Å². The lowest BCUT2D eigenvalue weighted by Crippen LogP contribution is -2.29. The number of benzene rings is 1. The number of carbonyl (C=O) groups excluding carboxylic acids is 1. The van der Waals surface area contributed by atoms with E-state index in [0.717, 1.165) is 0 Å². The summed E-state index contributed by atoms with van der Waals surface area (Å²) in [6.45, 7) is 1.78. The first-order valence-corrected chi connectivity index (χ1v) is 5.55. The van der Waals surface area contributed by atoms with E-state index in [9.17, 15) is 9.18 Å². The maximum absolute atomic E-state index is 13.4. The largest absolute Gasteiger partial charge is 0.346 e. The molecule has 0 aliphatic heterocycles. The van der Waals surface area contributed by atoms with Crippen molar-refractivity contribution in [1.29, 1.82) is 0 Å². The third kappa shape index (κ3) is 2.91. The van der Waals surface area contributed by atoms with Gasteiger partial charge in [-0.1, -0.05) is 18.2 Å². The van der Waals surface area contributed by atoms with E-state index < -0.39 is 0 Å². The first-order chi connectivity index (χ1) is 8.66. The minimum absolute atomic E-state index is 0.00511. The molecule has 0 fully saturated rings. The molecule has 0 bridgehead atoms. The maximum atomic E-state index is 13.4. The molecule has 0 radical (unpaired) electrons. The second kappa shape index (κ2) is 5.39. The number of nitrogens with zero attached hydrogens (tertiary/aromatic N) is 2. The Morgan fingerprint density at radius 2 is 2.28 bits per heavy atom. The molecule has 0 aliphatic carbocycles. The van der Waals surface area contributed by atoms with Crippen LogP contribution in [0.25, 0.3) is 0 Å². The lowest BCUT2D eigenvalue weighted by molar-refractivity contribution is -0.121. The summed E-state index contributed by atoms with van der Waals surface area (Å²) in [5, 5.41) is 9.09. The molecular weight excluding hydrogens is 235 g/mol. The fourth-order valence-electron chi connectivity index (χ4n) is 1.60. The Kier molecular flexibility index (Phi) is 3.66. The molecule has 6 heteroatoms. The number of carbonyl (C=O) groups is 1. The highest BCUT2D eigenvalue weighted by Crippen LogP contribution is 2.09. The summed E-state index contributed by atoms with van der Waals surface area (Å²) in [6.07, 6.45) is 1.38. The molecule has 1 unspecified atom stereocenters. The predicted molar refractivity (Wildman–Crippen MR) is 63.0 cm³/mol. The van der Waals surface area contributed by atoms with Crippen LogP contribution in [0.3, 0.4) is 0 Å². The van der Waals surface area contributed by atoms with E-state index in [1.807, 2.05) is 0 Å². The number of aromatic amines is 1. The summed E-state index contributed by atoms with van der Waals surface area (Å²) in [6, 6.07) is 5.93. The zero-order chi connectivity index (χ0) is 13.0. The molecule has 0 saturated carbocycles. The van der Waals surface area contributed by atoms with Gasteiger partial charge in [0.1, 0.15) is 18.0 Å². The van der Waals surface area contributed by atoms with Gasteiger partial charge in [-0.25, -0.2) is 9.37 Å². The van der Waals surface area contributed by atoms with Crippen molar-refractivity contribution in [3.63, 3.8) is 0 Å². The normalized spacial score (nSPS) is 12.1. The first kappa shape index (κ1) is 12.2. The van der Waals surface area contributed by atoms with Gasteiger partial charge in [-0.05, 0) is 18.6 Å². The van der Waals surface area contributed by atoms with Crippen molar-refractivity contribution in [3.8, 4) is 0 Å². The number of nitrogens with one attached hydrogen (secondary N) is 2. The van der Waals surface area contributed by atoms with E-state index in [0.29, 0.717) is 11.4 Å². The number of halogens is 1. The van der Waals surface area contributed by atoms with Crippen LogP contribution in [0.5, 0.6) is 0 Å². The van der Waals surface area contributed by atoms with Crippen molar-refractivity contribution in [2.45, 2.75) is 19.4 Å². The van der Waals surface area contributed by atoms with Gasteiger partial charge in [0.15, 0.2) is 0 Å². The van der Waals surface area contributed by atoms with E-state index in [1.54, 1.807) is 25.1 Å². The van der Waals surface area contributed by atoms with Crippen molar-refractivity contribution in [2.24, 2.45) is 0 Å². The number of amides is 1. The molecule has 1 aromatic carbocycles. The quantitative estimate of drug-likeness (QED) is 0.858. The molecule has 18 heavy (non-hydrogen) atoms. The molecule has 1 atom stereocenters. The second-order valence-electron chi connectivity index (χ2n) is 3.93. The highest BCUT2D eigenvalue weighted by atomic mass is 19.1. The van der Waals surface area contributed by atoms with Crippen molar-refractivity contribution in [2.75, 3.05) is 0 Å². The van der Waals surface area contributed by atoms with E-state index >= 15 is 0 Å². The topological polar surface area (TPSA) is 70.7 Å². The van der Waals surface area contributed by atoms with Gasteiger partial charge >= 0.3 is 0 Å². The first-order valence-electron chi connectivity index (χ1n) is 5.55. The summed E-state index contributed by atoms with van der Waals surface area (Å²) >= 11 is 0. The Morgan fingerprint density at radius 3 is 2.94 bits per heavy atom. The monoisotopic (exact) mass is 248 g/mol. The molecule has 0 saturated heterocycles. The molecular formula is C12H13FN4O. The molecule has 1 heterocycles.